The van der Waals surface area contributed by atoms with Crippen LogP contribution in [0.2, 0.25) is 0 Å². The minimum Gasteiger partial charge on any atom is -0.383 e. The van der Waals surface area contributed by atoms with Crippen LogP contribution >= 0.6 is 0 Å². The van der Waals surface area contributed by atoms with E-state index >= 15 is 0 Å². The average Bonchev–Trinajstić information content (AvgIpc) is 2.47. The number of hydrogen-bond donors (Lipinski definition) is 0. The van der Waals surface area contributed by atoms with Gasteiger partial charge in [-0.2, -0.15) is 13.2 Å². The summed E-state index contributed by atoms with van der Waals surface area (Å²) in [6.45, 7) is 5.16. The molecule has 7 heteroatoms. The summed E-state index contributed by atoms with van der Waals surface area (Å²) in [5, 5.41) is 0. The van der Waals surface area contributed by atoms with Gasteiger partial charge >= 0.3 is 6.18 Å². The Balaban J connectivity index is 2.06. The molecule has 4 nitrogen and oxygen atoms in total. The number of piperazine rings is 1. The number of hydrogen-bond acceptors (Lipinski definition) is 4. The first-order valence-corrected chi connectivity index (χ1v) is 6.93. The Bertz CT molecular complexity index is 459. The van der Waals surface area contributed by atoms with Gasteiger partial charge in [-0.1, -0.05) is 0 Å². The smallest absolute Gasteiger partial charge is 0.383 e. The van der Waals surface area contributed by atoms with Crippen molar-refractivity contribution in [2.24, 2.45) is 0 Å². The molecule has 0 unspecified atom stereocenters. The van der Waals surface area contributed by atoms with Crippen LogP contribution < -0.4 is 4.90 Å². The van der Waals surface area contributed by atoms with E-state index in [2.05, 4.69) is 16.8 Å². The molecular weight excluding hydrogens is 283 g/mol. The summed E-state index contributed by atoms with van der Waals surface area (Å²) in [4.78, 5) is 7.86. The molecule has 2 heterocycles. The maximum atomic E-state index is 13.0. The predicted molar refractivity (Wildman–Crippen MR) is 74.4 cm³/mol. The summed E-state index contributed by atoms with van der Waals surface area (Å²) in [6, 6.07) is 2.67. The first kappa shape index (κ1) is 16.0. The van der Waals surface area contributed by atoms with E-state index in [0.717, 1.165) is 6.07 Å². The Morgan fingerprint density at radius 3 is 2.52 bits per heavy atom. The monoisotopic (exact) mass is 303 g/mol. The molecule has 1 aliphatic heterocycles. The maximum absolute atomic E-state index is 13.0. The van der Waals surface area contributed by atoms with Crippen LogP contribution in [0, 0.1) is 0 Å². The number of aromatic nitrogens is 1. The molecule has 21 heavy (non-hydrogen) atoms. The fourth-order valence-electron chi connectivity index (χ4n) is 2.59. The van der Waals surface area contributed by atoms with Gasteiger partial charge in [0.25, 0.3) is 0 Å². The van der Waals surface area contributed by atoms with E-state index in [1.54, 1.807) is 12.0 Å². The van der Waals surface area contributed by atoms with Crippen LogP contribution in [0.25, 0.3) is 0 Å². The van der Waals surface area contributed by atoms with Crippen LogP contribution in [0.1, 0.15) is 12.5 Å². The van der Waals surface area contributed by atoms with Crippen LogP contribution in [0.5, 0.6) is 0 Å². The Kier molecular flexibility index (Phi) is 5.05. The van der Waals surface area contributed by atoms with E-state index in [-0.39, 0.29) is 11.9 Å². The van der Waals surface area contributed by atoms with E-state index < -0.39 is 11.7 Å². The van der Waals surface area contributed by atoms with Gasteiger partial charge in [0, 0.05) is 45.5 Å². The molecule has 1 saturated heterocycles. The highest BCUT2D eigenvalue weighted by Gasteiger charge is 2.36. The van der Waals surface area contributed by atoms with Crippen LogP contribution in [-0.4, -0.2) is 55.8 Å². The molecule has 1 aromatic heterocycles. The van der Waals surface area contributed by atoms with Crippen molar-refractivity contribution in [3.63, 3.8) is 0 Å². The van der Waals surface area contributed by atoms with Gasteiger partial charge in [0.2, 0.25) is 0 Å². The summed E-state index contributed by atoms with van der Waals surface area (Å²) in [5.74, 6) is 0.0315. The zero-order valence-electron chi connectivity index (χ0n) is 12.2. The normalized spacial score (nSPS) is 18.8. The number of anilines is 1. The maximum Gasteiger partial charge on any atom is 0.419 e. The molecule has 1 aromatic rings. The minimum atomic E-state index is -4.37. The minimum absolute atomic E-state index is 0.0315. The molecule has 1 aliphatic rings. The lowest BCUT2D eigenvalue weighted by Gasteiger charge is -2.39. The Morgan fingerprint density at radius 2 is 1.95 bits per heavy atom. The number of methoxy groups -OCH3 is 1. The molecule has 0 spiro atoms. The number of rotatable bonds is 4. The molecule has 0 aliphatic carbocycles. The lowest BCUT2D eigenvalue weighted by molar-refractivity contribution is -0.137. The third kappa shape index (κ3) is 3.85. The summed E-state index contributed by atoms with van der Waals surface area (Å²) in [6.07, 6.45) is -2.96. The molecule has 0 saturated carbocycles. The highest BCUT2D eigenvalue weighted by molar-refractivity contribution is 5.48. The van der Waals surface area contributed by atoms with Crippen molar-refractivity contribution >= 4 is 5.82 Å². The van der Waals surface area contributed by atoms with Crippen molar-refractivity contribution in [1.82, 2.24) is 9.88 Å². The van der Waals surface area contributed by atoms with Crippen molar-refractivity contribution in [1.29, 1.82) is 0 Å². The summed E-state index contributed by atoms with van der Waals surface area (Å²) < 4.78 is 44.2. The van der Waals surface area contributed by atoms with Gasteiger partial charge in [-0.25, -0.2) is 4.98 Å². The SMILES string of the molecule is COC[C@H](C)N1CCN(c2ncccc2C(F)(F)F)CC1. The third-order valence-corrected chi connectivity index (χ3v) is 3.74. The van der Waals surface area contributed by atoms with Gasteiger partial charge in [0.1, 0.15) is 5.82 Å². The van der Waals surface area contributed by atoms with Gasteiger partial charge in [-0.3, -0.25) is 4.90 Å². The second kappa shape index (κ2) is 6.62. The van der Waals surface area contributed by atoms with E-state index in [0.29, 0.717) is 32.8 Å². The lowest BCUT2D eigenvalue weighted by atomic mass is 10.2. The van der Waals surface area contributed by atoms with Gasteiger partial charge in [0.05, 0.1) is 12.2 Å². The number of halogens is 3. The molecule has 0 bridgehead atoms. The van der Waals surface area contributed by atoms with E-state index in [9.17, 15) is 13.2 Å². The number of ether oxygens (including phenoxy) is 1. The zero-order valence-corrected chi connectivity index (χ0v) is 12.2. The molecule has 1 fully saturated rings. The van der Waals surface area contributed by atoms with Crippen LogP contribution in [0.3, 0.4) is 0 Å². The fraction of sp³-hybridized carbons (Fsp3) is 0.643. The van der Waals surface area contributed by atoms with E-state index in [4.69, 9.17) is 4.74 Å². The van der Waals surface area contributed by atoms with Crippen LogP contribution in [-0.2, 0) is 10.9 Å². The molecule has 1 atom stereocenters. The molecule has 118 valence electrons. The summed E-state index contributed by atoms with van der Waals surface area (Å²) >= 11 is 0. The second-order valence-electron chi connectivity index (χ2n) is 5.20. The van der Waals surface area contributed by atoms with E-state index in [1.165, 1.54) is 12.3 Å². The quantitative estimate of drug-likeness (QED) is 0.853. The first-order chi connectivity index (χ1) is 9.93. The van der Waals surface area contributed by atoms with Gasteiger partial charge in [-0.15, -0.1) is 0 Å². The number of pyridine rings is 1. The first-order valence-electron chi connectivity index (χ1n) is 6.93. The molecule has 0 aromatic carbocycles. The largest absolute Gasteiger partial charge is 0.419 e. The Labute approximate surface area is 122 Å². The zero-order chi connectivity index (χ0) is 15.5. The standard InChI is InChI=1S/C14H20F3N3O/c1-11(10-21-2)19-6-8-20(9-7-19)13-12(14(15,16)17)4-3-5-18-13/h3-5,11H,6-10H2,1-2H3/t11-/m0/s1. The van der Waals surface area contributed by atoms with Gasteiger partial charge in [0.15, 0.2) is 0 Å². The van der Waals surface area contributed by atoms with Crippen molar-refractivity contribution in [3.8, 4) is 0 Å². The highest BCUT2D eigenvalue weighted by Crippen LogP contribution is 2.35. The van der Waals surface area contributed by atoms with Crippen molar-refractivity contribution in [2.75, 3.05) is 44.8 Å². The molecule has 0 N–H and O–H groups in total. The summed E-state index contributed by atoms with van der Waals surface area (Å²) in [7, 11) is 1.65. The van der Waals surface area contributed by atoms with Crippen LogP contribution in [0.4, 0.5) is 19.0 Å². The average molecular weight is 303 g/mol. The number of alkyl halides is 3. The van der Waals surface area contributed by atoms with Crippen molar-refractivity contribution in [2.45, 2.75) is 19.1 Å². The molecular formula is C14H20F3N3O. The number of nitrogens with zero attached hydrogens (tertiary/aromatic N) is 3. The predicted octanol–water partition coefficient (Wildman–Crippen LogP) is 2.26. The second-order valence-corrected chi connectivity index (χ2v) is 5.20. The molecule has 0 amide bonds. The Morgan fingerprint density at radius 1 is 1.29 bits per heavy atom. The van der Waals surface area contributed by atoms with Crippen molar-refractivity contribution < 1.29 is 17.9 Å². The summed E-state index contributed by atoms with van der Waals surface area (Å²) in [5.41, 5.74) is -0.664. The third-order valence-electron chi connectivity index (χ3n) is 3.74. The Hall–Kier alpha value is -1.34. The van der Waals surface area contributed by atoms with Gasteiger partial charge in [-0.05, 0) is 19.1 Å². The van der Waals surface area contributed by atoms with E-state index in [1.807, 2.05) is 0 Å². The topological polar surface area (TPSA) is 28.6 Å². The van der Waals surface area contributed by atoms with Crippen molar-refractivity contribution in [3.05, 3.63) is 23.9 Å². The lowest BCUT2D eigenvalue weighted by Crippen LogP contribution is -2.51. The molecule has 0 radical (unpaired) electrons. The molecule has 2 rings (SSSR count). The van der Waals surface area contributed by atoms with Crippen LogP contribution in [0.15, 0.2) is 18.3 Å². The highest BCUT2D eigenvalue weighted by atomic mass is 19.4. The fourth-order valence-corrected chi connectivity index (χ4v) is 2.59. The van der Waals surface area contributed by atoms with Gasteiger partial charge < -0.3 is 9.64 Å².